The quantitative estimate of drug-likeness (QED) is 0.692. The predicted molar refractivity (Wildman–Crippen MR) is 86.3 cm³/mol. The van der Waals surface area contributed by atoms with Gasteiger partial charge in [-0.2, -0.15) is 0 Å². The van der Waals surface area contributed by atoms with Crippen molar-refractivity contribution in [1.82, 2.24) is 5.32 Å². The Morgan fingerprint density at radius 1 is 1.15 bits per heavy atom. The van der Waals surface area contributed by atoms with Crippen LogP contribution in [0, 0.1) is 0 Å². The molecule has 110 valence electrons. The predicted octanol–water partition coefficient (Wildman–Crippen LogP) is 5.53. The average molecular weight is 294 g/mol. The highest BCUT2D eigenvalue weighted by atomic mass is 35.5. The van der Waals surface area contributed by atoms with Crippen molar-refractivity contribution in [3.63, 3.8) is 0 Å². The number of halogens is 1. The van der Waals surface area contributed by atoms with Gasteiger partial charge in [0.25, 0.3) is 0 Å². The third kappa shape index (κ3) is 3.77. The molecule has 1 heterocycles. The van der Waals surface area contributed by atoms with Crippen molar-refractivity contribution < 1.29 is 4.42 Å². The normalized spacial score (nSPS) is 12.9. The highest BCUT2D eigenvalue weighted by Gasteiger charge is 2.14. The van der Waals surface area contributed by atoms with Gasteiger partial charge in [0, 0.05) is 23.5 Å². The molecular formula is C17H24ClNO. The van der Waals surface area contributed by atoms with E-state index in [4.69, 9.17) is 16.0 Å². The minimum Gasteiger partial charge on any atom is -0.444 e. The zero-order chi connectivity index (χ0) is 14.4. The lowest BCUT2D eigenvalue weighted by atomic mass is 10.0. The largest absolute Gasteiger partial charge is 0.444 e. The summed E-state index contributed by atoms with van der Waals surface area (Å²) in [7, 11) is 0. The van der Waals surface area contributed by atoms with E-state index in [0.717, 1.165) is 23.1 Å². The van der Waals surface area contributed by atoms with Gasteiger partial charge >= 0.3 is 0 Å². The molecule has 1 aromatic heterocycles. The number of nitrogens with one attached hydrogen (secondary N) is 1. The van der Waals surface area contributed by atoms with Crippen LogP contribution in [0.2, 0.25) is 5.22 Å². The zero-order valence-corrected chi connectivity index (χ0v) is 13.2. The first-order valence-electron chi connectivity index (χ1n) is 7.65. The third-order valence-corrected chi connectivity index (χ3v) is 4.07. The lowest BCUT2D eigenvalue weighted by Crippen LogP contribution is -2.28. The molecule has 20 heavy (non-hydrogen) atoms. The van der Waals surface area contributed by atoms with Crippen LogP contribution in [-0.2, 0) is 6.54 Å². The Kier molecular flexibility index (Phi) is 5.93. The zero-order valence-electron chi connectivity index (χ0n) is 12.4. The Labute approximate surface area is 126 Å². The molecule has 1 atom stereocenters. The van der Waals surface area contributed by atoms with Crippen molar-refractivity contribution in [3.8, 4) is 0 Å². The van der Waals surface area contributed by atoms with E-state index in [9.17, 15) is 0 Å². The summed E-state index contributed by atoms with van der Waals surface area (Å²) in [6.45, 7) is 5.26. The molecule has 0 saturated carbocycles. The SMILES string of the molecule is CCCCC(CCC)NCc1c(Cl)oc2ccccc12. The fourth-order valence-corrected chi connectivity index (χ4v) is 2.88. The fourth-order valence-electron chi connectivity index (χ4n) is 2.63. The third-order valence-electron chi connectivity index (χ3n) is 3.76. The van der Waals surface area contributed by atoms with E-state index in [0.29, 0.717) is 11.3 Å². The van der Waals surface area contributed by atoms with Gasteiger partial charge in [-0.25, -0.2) is 0 Å². The highest BCUT2D eigenvalue weighted by molar-refractivity contribution is 6.30. The molecule has 1 unspecified atom stereocenters. The van der Waals surface area contributed by atoms with E-state index in [-0.39, 0.29) is 0 Å². The number of hydrogen-bond donors (Lipinski definition) is 1. The van der Waals surface area contributed by atoms with E-state index in [1.54, 1.807) is 0 Å². The van der Waals surface area contributed by atoms with Gasteiger partial charge in [-0.15, -0.1) is 0 Å². The van der Waals surface area contributed by atoms with Crippen LogP contribution in [0.3, 0.4) is 0 Å². The number of para-hydroxylation sites is 1. The average Bonchev–Trinajstić information content (AvgIpc) is 2.77. The maximum absolute atomic E-state index is 6.23. The van der Waals surface area contributed by atoms with E-state index in [2.05, 4.69) is 25.2 Å². The van der Waals surface area contributed by atoms with Crippen molar-refractivity contribution in [1.29, 1.82) is 0 Å². The molecule has 3 heteroatoms. The summed E-state index contributed by atoms with van der Waals surface area (Å²) in [6.07, 6.45) is 6.18. The van der Waals surface area contributed by atoms with Crippen LogP contribution in [0.5, 0.6) is 0 Å². The summed E-state index contributed by atoms with van der Waals surface area (Å²) in [5, 5.41) is 5.29. The van der Waals surface area contributed by atoms with Crippen LogP contribution in [0.1, 0.15) is 51.5 Å². The highest BCUT2D eigenvalue weighted by Crippen LogP contribution is 2.29. The number of hydrogen-bond acceptors (Lipinski definition) is 2. The first-order chi connectivity index (χ1) is 9.76. The van der Waals surface area contributed by atoms with Crippen molar-refractivity contribution in [2.75, 3.05) is 0 Å². The molecule has 0 bridgehead atoms. The Balaban J connectivity index is 2.05. The summed E-state index contributed by atoms with van der Waals surface area (Å²) in [5.74, 6) is 0. The summed E-state index contributed by atoms with van der Waals surface area (Å²) in [6, 6.07) is 8.61. The number of fused-ring (bicyclic) bond motifs is 1. The second-order valence-electron chi connectivity index (χ2n) is 5.36. The van der Waals surface area contributed by atoms with E-state index < -0.39 is 0 Å². The van der Waals surface area contributed by atoms with Gasteiger partial charge in [0.15, 0.2) is 5.22 Å². The molecule has 0 aliphatic carbocycles. The molecular weight excluding hydrogens is 270 g/mol. The van der Waals surface area contributed by atoms with E-state index in [1.165, 1.54) is 32.1 Å². The molecule has 0 radical (unpaired) electrons. The summed E-state index contributed by atoms with van der Waals surface area (Å²) in [5.41, 5.74) is 1.95. The van der Waals surface area contributed by atoms with Crippen LogP contribution in [0.4, 0.5) is 0 Å². The molecule has 0 aliphatic heterocycles. The second kappa shape index (κ2) is 7.70. The molecule has 2 rings (SSSR count). The Morgan fingerprint density at radius 3 is 2.70 bits per heavy atom. The van der Waals surface area contributed by atoms with Crippen LogP contribution in [-0.4, -0.2) is 6.04 Å². The van der Waals surface area contributed by atoms with Crippen molar-refractivity contribution in [2.24, 2.45) is 0 Å². The maximum atomic E-state index is 6.23. The molecule has 0 aliphatic rings. The van der Waals surface area contributed by atoms with Crippen molar-refractivity contribution in [3.05, 3.63) is 35.0 Å². The minimum atomic E-state index is 0.518. The summed E-state index contributed by atoms with van der Waals surface area (Å²) < 4.78 is 5.60. The maximum Gasteiger partial charge on any atom is 0.199 e. The van der Waals surface area contributed by atoms with E-state index >= 15 is 0 Å². The standard InChI is InChI=1S/C17H24ClNO/c1-3-5-9-13(8-4-2)19-12-15-14-10-6-7-11-16(14)20-17(15)18/h6-7,10-11,13,19H,3-5,8-9,12H2,1-2H3. The number of rotatable bonds is 8. The molecule has 0 fully saturated rings. The van der Waals surface area contributed by atoms with Gasteiger partial charge in [-0.1, -0.05) is 51.3 Å². The minimum absolute atomic E-state index is 0.518. The molecule has 0 amide bonds. The number of unbranched alkanes of at least 4 members (excludes halogenated alkanes) is 1. The lowest BCUT2D eigenvalue weighted by molar-refractivity contribution is 0.433. The van der Waals surface area contributed by atoms with Gasteiger partial charge in [0.1, 0.15) is 5.58 Å². The topological polar surface area (TPSA) is 25.2 Å². The van der Waals surface area contributed by atoms with Gasteiger partial charge in [-0.3, -0.25) is 0 Å². The molecule has 1 aromatic carbocycles. The first-order valence-corrected chi connectivity index (χ1v) is 8.03. The molecule has 0 spiro atoms. The number of benzene rings is 1. The van der Waals surface area contributed by atoms with E-state index in [1.807, 2.05) is 18.2 Å². The number of furan rings is 1. The monoisotopic (exact) mass is 293 g/mol. The fraction of sp³-hybridized carbons (Fsp3) is 0.529. The van der Waals surface area contributed by atoms with Gasteiger partial charge in [0.2, 0.25) is 0 Å². The molecule has 2 nitrogen and oxygen atoms in total. The van der Waals surface area contributed by atoms with Crippen LogP contribution in [0.15, 0.2) is 28.7 Å². The molecule has 0 saturated heterocycles. The van der Waals surface area contributed by atoms with Crippen LogP contribution >= 0.6 is 11.6 Å². The van der Waals surface area contributed by atoms with Crippen molar-refractivity contribution >= 4 is 22.6 Å². The van der Waals surface area contributed by atoms with Gasteiger partial charge in [-0.05, 0) is 30.5 Å². The van der Waals surface area contributed by atoms with Gasteiger partial charge in [0.05, 0.1) is 0 Å². The van der Waals surface area contributed by atoms with Gasteiger partial charge < -0.3 is 9.73 Å². The Morgan fingerprint density at radius 2 is 1.95 bits per heavy atom. The molecule has 2 aromatic rings. The summed E-state index contributed by atoms with van der Waals surface area (Å²) >= 11 is 6.23. The lowest BCUT2D eigenvalue weighted by Gasteiger charge is -2.17. The summed E-state index contributed by atoms with van der Waals surface area (Å²) in [4.78, 5) is 0. The Hall–Kier alpha value is -0.990. The smallest absolute Gasteiger partial charge is 0.199 e. The van der Waals surface area contributed by atoms with Crippen LogP contribution in [0.25, 0.3) is 11.0 Å². The second-order valence-corrected chi connectivity index (χ2v) is 5.70. The first kappa shape index (κ1) is 15.4. The van der Waals surface area contributed by atoms with Crippen LogP contribution < -0.4 is 5.32 Å². The molecule has 1 N–H and O–H groups in total. The Bertz CT molecular complexity index is 535. The van der Waals surface area contributed by atoms with Crippen molar-refractivity contribution in [2.45, 2.75) is 58.5 Å².